The molecule has 0 fully saturated rings. The topological polar surface area (TPSA) is 17.1 Å². The van der Waals surface area contributed by atoms with Crippen molar-refractivity contribution in [3.8, 4) is 0 Å². The molecule has 1 nitrogen and oxygen atoms in total. The zero-order valence-corrected chi connectivity index (χ0v) is 45.7. The van der Waals surface area contributed by atoms with Gasteiger partial charge in [0.25, 0.3) is 0 Å². The van der Waals surface area contributed by atoms with Crippen LogP contribution in [0, 0.1) is 0 Å². The van der Waals surface area contributed by atoms with Crippen molar-refractivity contribution < 1.29 is 4.79 Å². The van der Waals surface area contributed by atoms with Crippen LogP contribution in [0.25, 0.3) is 0 Å². The molecule has 0 radical (unpaired) electrons. The SMILES string of the molecule is CC.CC.CC.CC.CC.CC.CC(=O)C(C)[S+](C)C.C[S+](C)c1ccccc1.C[S+](c1ccccc1)c1ccccc1.c1ccc([S+](c2ccccc2)c2ccccc2)cc1. The first-order chi connectivity index (χ1) is 30.2. The van der Waals surface area contributed by atoms with Gasteiger partial charge >= 0.3 is 0 Å². The summed E-state index contributed by atoms with van der Waals surface area (Å²) >= 11 is 0. The highest BCUT2D eigenvalue weighted by atomic mass is 32.2. The number of carbonyl (C=O) groups excluding carboxylic acids is 1. The van der Waals surface area contributed by atoms with E-state index in [0.717, 1.165) is 0 Å². The van der Waals surface area contributed by atoms with Crippen LogP contribution in [0.3, 0.4) is 0 Å². The van der Waals surface area contributed by atoms with Crippen LogP contribution in [-0.2, 0) is 48.4 Å². The standard InChI is InChI=1S/C18H15S.C13H13S.C8H11S.C6H13OS.6C2H6/c1-4-10-16(11-5-1)19(17-12-6-2-7-13-17)18-14-8-3-9-15-18;1-14(12-8-4-2-5-9-12)13-10-6-3-7-11-13;1-9(2)8-6-4-3-5-7-8;1-5(7)6(2)8(3)4;6*1-2/h1-15H;2-11H,1H3;3-7H,1-2H3;6H,1-4H3;6*1-2H3/q4*+1;;;;;;. The van der Waals surface area contributed by atoms with Crippen LogP contribution in [0.1, 0.15) is 96.9 Å². The van der Waals surface area contributed by atoms with E-state index in [2.05, 4.69) is 213 Å². The second-order valence-corrected chi connectivity index (χ2v) is 20.2. The van der Waals surface area contributed by atoms with Crippen molar-refractivity contribution in [2.24, 2.45) is 0 Å². The van der Waals surface area contributed by atoms with Crippen LogP contribution in [0.15, 0.2) is 211 Å². The Morgan fingerprint density at radius 3 is 0.677 bits per heavy atom. The first kappa shape index (κ1) is 65.0. The van der Waals surface area contributed by atoms with E-state index in [-0.39, 0.29) is 37.9 Å². The van der Waals surface area contributed by atoms with Crippen LogP contribution in [0.4, 0.5) is 0 Å². The molecule has 5 heteroatoms. The molecule has 0 heterocycles. The van der Waals surface area contributed by atoms with Gasteiger partial charge in [-0.1, -0.05) is 192 Å². The van der Waals surface area contributed by atoms with Gasteiger partial charge in [0.05, 0.1) is 34.3 Å². The lowest BCUT2D eigenvalue weighted by molar-refractivity contribution is -0.116. The summed E-state index contributed by atoms with van der Waals surface area (Å²) in [6.45, 7) is 27.6. The molecule has 0 spiro atoms. The molecule has 6 aromatic rings. The lowest BCUT2D eigenvalue weighted by Gasteiger charge is -2.07. The molecule has 1 atom stereocenters. The summed E-state index contributed by atoms with van der Waals surface area (Å²) in [7, 11) is 0.870. The third-order valence-electron chi connectivity index (χ3n) is 7.62. The smallest absolute Gasteiger partial charge is 0.181 e. The Balaban J connectivity index is -0.000000348. The number of benzene rings is 6. The average Bonchev–Trinajstić information content (AvgIpc) is 3.37. The maximum Gasteiger partial charge on any atom is 0.181 e. The molecule has 342 valence electrons. The summed E-state index contributed by atoms with van der Waals surface area (Å²) in [5.41, 5.74) is 0. The molecule has 0 aliphatic rings. The van der Waals surface area contributed by atoms with Crippen LogP contribution < -0.4 is 0 Å². The summed E-state index contributed by atoms with van der Waals surface area (Å²) in [5, 5.41) is 0.259. The van der Waals surface area contributed by atoms with E-state index in [9.17, 15) is 4.79 Å². The number of hydrogen-bond donors (Lipinski definition) is 0. The van der Waals surface area contributed by atoms with Gasteiger partial charge in [0, 0.05) is 10.9 Å². The highest BCUT2D eigenvalue weighted by molar-refractivity contribution is 7.97. The third-order valence-corrected chi connectivity index (χ3v) is 14.8. The molecule has 0 saturated carbocycles. The van der Waals surface area contributed by atoms with E-state index in [0.29, 0.717) is 16.7 Å². The third kappa shape index (κ3) is 29.6. The summed E-state index contributed by atoms with van der Waals surface area (Å²) < 4.78 is 0. The van der Waals surface area contributed by atoms with Gasteiger partial charge in [-0.15, -0.1) is 0 Å². The maximum atomic E-state index is 10.6. The maximum absolute atomic E-state index is 10.6. The first-order valence-electron chi connectivity index (χ1n) is 22.5. The van der Waals surface area contributed by atoms with Crippen LogP contribution in [0.2, 0.25) is 0 Å². The highest BCUT2D eigenvalue weighted by Gasteiger charge is 2.27. The molecular formula is C57H88OS4+4. The highest BCUT2D eigenvalue weighted by Crippen LogP contribution is 2.30. The number of ketones is 1. The van der Waals surface area contributed by atoms with Crippen molar-refractivity contribution in [2.75, 3.05) is 31.3 Å². The Bertz CT molecular complexity index is 1600. The van der Waals surface area contributed by atoms with Crippen LogP contribution in [-0.4, -0.2) is 42.3 Å². The van der Waals surface area contributed by atoms with Gasteiger partial charge in [0.1, 0.15) is 18.8 Å². The van der Waals surface area contributed by atoms with Crippen molar-refractivity contribution in [1.29, 1.82) is 0 Å². The predicted molar refractivity (Wildman–Crippen MR) is 296 cm³/mol. The summed E-state index contributed by atoms with van der Waals surface area (Å²) in [5.74, 6) is 0.304. The molecule has 0 amide bonds. The molecule has 0 aliphatic heterocycles. The predicted octanol–water partition coefficient (Wildman–Crippen LogP) is 17.1. The zero-order valence-electron chi connectivity index (χ0n) is 42.4. The van der Waals surface area contributed by atoms with E-state index in [1.807, 2.05) is 90.0 Å². The average molecular weight is 918 g/mol. The first-order valence-corrected chi connectivity index (χ1v) is 29.5. The minimum Gasteiger partial charge on any atom is -0.294 e. The fourth-order valence-electron chi connectivity index (χ4n) is 4.49. The number of hydrogen-bond acceptors (Lipinski definition) is 1. The van der Waals surface area contributed by atoms with Crippen molar-refractivity contribution >= 4 is 49.4 Å². The lowest BCUT2D eigenvalue weighted by atomic mass is 10.3. The molecule has 0 aliphatic carbocycles. The van der Waals surface area contributed by atoms with E-state index in [4.69, 9.17) is 0 Å². The summed E-state index contributed by atoms with van der Waals surface area (Å²) in [6, 6.07) is 64.0. The van der Waals surface area contributed by atoms with Crippen LogP contribution >= 0.6 is 0 Å². The molecule has 0 aromatic heterocycles. The summed E-state index contributed by atoms with van der Waals surface area (Å²) in [6.07, 6.45) is 10.9. The summed E-state index contributed by atoms with van der Waals surface area (Å²) in [4.78, 5) is 18.9. The van der Waals surface area contributed by atoms with Gasteiger partial charge in [0.2, 0.25) is 0 Å². The van der Waals surface area contributed by atoms with Gasteiger partial charge in [-0.3, -0.25) is 4.79 Å². The van der Waals surface area contributed by atoms with Gasteiger partial charge in [-0.25, -0.2) is 0 Å². The quantitative estimate of drug-likeness (QED) is 0.139. The van der Waals surface area contributed by atoms with E-state index in [1.165, 1.54) is 29.4 Å². The molecule has 0 saturated heterocycles. The van der Waals surface area contributed by atoms with Crippen molar-refractivity contribution in [1.82, 2.24) is 0 Å². The molecule has 0 bridgehead atoms. The molecule has 6 rings (SSSR count). The van der Waals surface area contributed by atoms with Crippen molar-refractivity contribution in [3.63, 3.8) is 0 Å². The Labute approximate surface area is 396 Å². The van der Waals surface area contributed by atoms with Crippen molar-refractivity contribution in [2.45, 2.75) is 132 Å². The zero-order chi connectivity index (χ0) is 48.1. The molecule has 62 heavy (non-hydrogen) atoms. The van der Waals surface area contributed by atoms with Crippen LogP contribution in [0.5, 0.6) is 0 Å². The van der Waals surface area contributed by atoms with Gasteiger partial charge in [-0.05, 0) is 97.5 Å². The van der Waals surface area contributed by atoms with Gasteiger partial charge < -0.3 is 0 Å². The number of rotatable bonds is 8. The second kappa shape index (κ2) is 46.9. The Morgan fingerprint density at radius 1 is 0.339 bits per heavy atom. The normalized spacial score (nSPS) is 9.47. The fourth-order valence-corrected chi connectivity index (χ4v) is 9.36. The van der Waals surface area contributed by atoms with Gasteiger partial charge in [-0.2, -0.15) is 0 Å². The van der Waals surface area contributed by atoms with Crippen molar-refractivity contribution in [3.05, 3.63) is 182 Å². The molecule has 6 aromatic carbocycles. The Kier molecular flexibility index (Phi) is 49.2. The molecule has 1 unspecified atom stereocenters. The molecular weight excluding hydrogens is 829 g/mol. The number of carbonyl (C=O) groups is 1. The minimum absolute atomic E-state index is 0.0146. The Morgan fingerprint density at radius 2 is 0.532 bits per heavy atom. The van der Waals surface area contributed by atoms with E-state index >= 15 is 0 Å². The monoisotopic (exact) mass is 917 g/mol. The largest absolute Gasteiger partial charge is 0.294 e. The fraction of sp³-hybridized carbons (Fsp3) is 0.351. The van der Waals surface area contributed by atoms with E-state index in [1.54, 1.807) is 6.92 Å². The van der Waals surface area contributed by atoms with E-state index < -0.39 is 0 Å². The van der Waals surface area contributed by atoms with Gasteiger partial charge in [0.15, 0.2) is 40.4 Å². The lowest BCUT2D eigenvalue weighted by Crippen LogP contribution is -2.22. The number of Topliss-reactive ketones (excluding diaryl/α,β-unsaturated/α-hetero) is 1. The Hall–Kier alpha value is -3.61. The second-order valence-electron chi connectivity index (χ2n) is 11.6. The molecule has 0 N–H and O–H groups in total. The minimum atomic E-state index is -0.0146.